The summed E-state index contributed by atoms with van der Waals surface area (Å²) in [5.74, 6) is 0.122. The maximum Gasteiger partial charge on any atom is 0.261 e. The molecule has 8 heteroatoms. The summed E-state index contributed by atoms with van der Waals surface area (Å²) in [5.41, 5.74) is 1.04. The smallest absolute Gasteiger partial charge is 0.261 e. The number of benzene rings is 4. The number of sulfonamides is 1. The van der Waals surface area contributed by atoms with E-state index < -0.39 is 19.9 Å². The fourth-order valence-electron chi connectivity index (χ4n) is 3.34. The highest BCUT2D eigenvalue weighted by Crippen LogP contribution is 2.33. The van der Waals surface area contributed by atoms with E-state index in [1.54, 1.807) is 24.3 Å². The van der Waals surface area contributed by atoms with E-state index >= 15 is 0 Å². The Hall–Kier alpha value is -3.36. The predicted octanol–water partition coefficient (Wildman–Crippen LogP) is 4.79. The van der Waals surface area contributed by atoms with Gasteiger partial charge >= 0.3 is 0 Å². The van der Waals surface area contributed by atoms with Gasteiger partial charge in [0.05, 0.1) is 22.6 Å². The normalized spacial score (nSPS) is 11.9. The third-order valence-electron chi connectivity index (χ3n) is 5.07. The van der Waals surface area contributed by atoms with Crippen LogP contribution in [0.3, 0.4) is 0 Å². The van der Waals surface area contributed by atoms with Gasteiger partial charge in [0.2, 0.25) is 9.84 Å². The van der Waals surface area contributed by atoms with Crippen LogP contribution in [0, 0.1) is 6.92 Å². The number of rotatable bonds is 6. The van der Waals surface area contributed by atoms with Crippen molar-refractivity contribution in [2.45, 2.75) is 21.6 Å². The van der Waals surface area contributed by atoms with Gasteiger partial charge in [-0.05, 0) is 60.2 Å². The minimum Gasteiger partial charge on any atom is -0.495 e. The molecule has 6 nitrogen and oxygen atoms in total. The molecular weight excluding hydrogens is 446 g/mol. The first-order valence-corrected chi connectivity index (χ1v) is 12.7. The van der Waals surface area contributed by atoms with Gasteiger partial charge in [0.1, 0.15) is 10.6 Å². The van der Waals surface area contributed by atoms with Crippen molar-refractivity contribution in [3.63, 3.8) is 0 Å². The Kier molecular flexibility index (Phi) is 5.66. The molecule has 0 saturated heterocycles. The number of hydrogen-bond donors (Lipinski definition) is 1. The molecule has 0 fully saturated rings. The van der Waals surface area contributed by atoms with Crippen LogP contribution in [-0.4, -0.2) is 23.9 Å². The second-order valence-corrected chi connectivity index (χ2v) is 10.9. The van der Waals surface area contributed by atoms with Crippen LogP contribution in [0.5, 0.6) is 5.75 Å². The van der Waals surface area contributed by atoms with Crippen molar-refractivity contribution in [3.05, 3.63) is 90.5 Å². The lowest BCUT2D eigenvalue weighted by Gasteiger charge is -2.14. The molecule has 0 aliphatic carbocycles. The monoisotopic (exact) mass is 467 g/mol. The van der Waals surface area contributed by atoms with Crippen molar-refractivity contribution in [3.8, 4) is 5.75 Å². The predicted molar refractivity (Wildman–Crippen MR) is 124 cm³/mol. The second kappa shape index (κ2) is 8.29. The molecule has 32 heavy (non-hydrogen) atoms. The first-order valence-electron chi connectivity index (χ1n) is 9.72. The van der Waals surface area contributed by atoms with Gasteiger partial charge in [-0.25, -0.2) is 16.8 Å². The molecule has 0 atom stereocenters. The minimum absolute atomic E-state index is 0.0813. The maximum absolute atomic E-state index is 13.4. The molecule has 0 aromatic heterocycles. The molecule has 0 aliphatic heterocycles. The molecule has 0 bridgehead atoms. The molecule has 0 aliphatic rings. The van der Waals surface area contributed by atoms with E-state index in [4.69, 9.17) is 4.74 Å². The molecule has 164 valence electrons. The van der Waals surface area contributed by atoms with Crippen LogP contribution in [0.15, 0.2) is 99.6 Å². The van der Waals surface area contributed by atoms with Crippen molar-refractivity contribution in [2.24, 2.45) is 0 Å². The third-order valence-corrected chi connectivity index (χ3v) is 8.24. The van der Waals surface area contributed by atoms with Gasteiger partial charge in [0.25, 0.3) is 10.0 Å². The van der Waals surface area contributed by atoms with E-state index in [0.29, 0.717) is 0 Å². The van der Waals surface area contributed by atoms with Gasteiger partial charge in [0.15, 0.2) is 0 Å². The van der Waals surface area contributed by atoms with E-state index in [2.05, 4.69) is 4.72 Å². The van der Waals surface area contributed by atoms with Crippen LogP contribution in [0.2, 0.25) is 0 Å². The molecule has 4 aromatic rings. The SMILES string of the molecule is COc1ccc(NS(=O)(=O)c2ccc(C)cc2)cc1S(=O)(=O)c1ccc2ccccc2c1. The van der Waals surface area contributed by atoms with Crippen molar-refractivity contribution < 1.29 is 21.6 Å². The highest BCUT2D eigenvalue weighted by Gasteiger charge is 2.24. The van der Waals surface area contributed by atoms with E-state index in [1.165, 1.54) is 43.5 Å². The highest BCUT2D eigenvalue weighted by atomic mass is 32.2. The fraction of sp³-hybridized carbons (Fsp3) is 0.0833. The minimum atomic E-state index is -3.98. The average Bonchev–Trinajstić information content (AvgIpc) is 2.78. The molecule has 4 aromatic carbocycles. The van der Waals surface area contributed by atoms with E-state index in [0.717, 1.165) is 16.3 Å². The lowest BCUT2D eigenvalue weighted by molar-refractivity contribution is 0.403. The van der Waals surface area contributed by atoms with Crippen molar-refractivity contribution in [1.29, 1.82) is 0 Å². The Bertz CT molecular complexity index is 1510. The van der Waals surface area contributed by atoms with Gasteiger partial charge < -0.3 is 4.74 Å². The Labute approximate surface area is 187 Å². The Balaban J connectivity index is 1.76. The van der Waals surface area contributed by atoms with Gasteiger partial charge in [0, 0.05) is 0 Å². The van der Waals surface area contributed by atoms with Crippen LogP contribution in [0.4, 0.5) is 5.69 Å². The number of aryl methyl sites for hydroxylation is 1. The summed E-state index contributed by atoms with van der Waals surface area (Å²) in [6.07, 6.45) is 0. The molecule has 0 heterocycles. The molecule has 0 amide bonds. The number of hydrogen-bond acceptors (Lipinski definition) is 5. The third kappa shape index (κ3) is 4.19. The van der Waals surface area contributed by atoms with Crippen molar-refractivity contribution in [2.75, 3.05) is 11.8 Å². The van der Waals surface area contributed by atoms with E-state index in [1.807, 2.05) is 31.2 Å². The first-order chi connectivity index (χ1) is 15.2. The fourth-order valence-corrected chi connectivity index (χ4v) is 5.87. The molecular formula is C24H21NO5S2. The number of fused-ring (bicyclic) bond motifs is 1. The lowest BCUT2D eigenvalue weighted by atomic mass is 10.1. The van der Waals surface area contributed by atoms with Crippen molar-refractivity contribution in [1.82, 2.24) is 0 Å². The number of sulfone groups is 1. The molecule has 0 spiro atoms. The van der Waals surface area contributed by atoms with Crippen LogP contribution in [0.25, 0.3) is 10.8 Å². The molecule has 0 radical (unpaired) electrons. The Morgan fingerprint density at radius 3 is 2.06 bits per heavy atom. The average molecular weight is 468 g/mol. The van der Waals surface area contributed by atoms with Crippen LogP contribution in [0.1, 0.15) is 5.56 Å². The zero-order valence-electron chi connectivity index (χ0n) is 17.4. The summed E-state index contributed by atoms with van der Waals surface area (Å²) >= 11 is 0. The Morgan fingerprint density at radius 2 is 1.38 bits per heavy atom. The van der Waals surface area contributed by atoms with Gasteiger partial charge in [-0.3, -0.25) is 4.72 Å². The van der Waals surface area contributed by atoms with Gasteiger partial charge in [-0.15, -0.1) is 0 Å². The van der Waals surface area contributed by atoms with E-state index in [-0.39, 0.29) is 26.1 Å². The van der Waals surface area contributed by atoms with E-state index in [9.17, 15) is 16.8 Å². The number of nitrogens with one attached hydrogen (secondary N) is 1. The zero-order chi connectivity index (χ0) is 22.9. The van der Waals surface area contributed by atoms with Crippen LogP contribution < -0.4 is 9.46 Å². The number of methoxy groups -OCH3 is 1. The standard InChI is InChI=1S/C24H21NO5S2/c1-17-7-11-21(12-8-17)32(28,29)25-20-10-14-23(30-2)24(16-20)31(26,27)22-13-9-18-5-3-4-6-19(18)15-22/h3-16,25H,1-2H3. The first kappa shape index (κ1) is 21.9. The summed E-state index contributed by atoms with van der Waals surface area (Å²) < 4.78 is 60.1. The quantitative estimate of drug-likeness (QED) is 0.440. The number of anilines is 1. The maximum atomic E-state index is 13.4. The van der Waals surface area contributed by atoms with Crippen LogP contribution >= 0.6 is 0 Å². The highest BCUT2D eigenvalue weighted by molar-refractivity contribution is 7.93. The lowest BCUT2D eigenvalue weighted by Crippen LogP contribution is -2.14. The summed E-state index contributed by atoms with van der Waals surface area (Å²) in [5, 5.41) is 1.70. The summed E-state index contributed by atoms with van der Waals surface area (Å²) in [4.78, 5) is 0.0466. The summed E-state index contributed by atoms with van der Waals surface area (Å²) in [6, 6.07) is 22.8. The molecule has 1 N–H and O–H groups in total. The molecule has 0 saturated carbocycles. The largest absolute Gasteiger partial charge is 0.495 e. The topological polar surface area (TPSA) is 89.5 Å². The summed E-state index contributed by atoms with van der Waals surface area (Å²) in [7, 11) is -6.51. The van der Waals surface area contributed by atoms with Crippen LogP contribution in [-0.2, 0) is 19.9 Å². The zero-order valence-corrected chi connectivity index (χ0v) is 19.1. The second-order valence-electron chi connectivity index (χ2n) is 7.30. The summed E-state index contributed by atoms with van der Waals surface area (Å²) in [6.45, 7) is 1.86. The molecule has 4 rings (SSSR count). The van der Waals surface area contributed by atoms with Gasteiger partial charge in [-0.2, -0.15) is 0 Å². The van der Waals surface area contributed by atoms with Gasteiger partial charge in [-0.1, -0.05) is 48.0 Å². The Morgan fingerprint density at radius 1 is 0.719 bits per heavy atom. The number of ether oxygens (including phenoxy) is 1. The molecule has 0 unspecified atom stereocenters. The van der Waals surface area contributed by atoms with Crippen molar-refractivity contribution >= 4 is 36.3 Å².